The van der Waals surface area contributed by atoms with Gasteiger partial charge in [0.15, 0.2) is 0 Å². The number of rotatable bonds is 9. The van der Waals surface area contributed by atoms with Gasteiger partial charge in [0.1, 0.15) is 5.54 Å². The third kappa shape index (κ3) is 4.16. The van der Waals surface area contributed by atoms with Crippen LogP contribution < -0.4 is 5.32 Å². The molecule has 2 fully saturated rings. The lowest BCUT2D eigenvalue weighted by atomic mass is 9.90. The molecule has 2 atom stereocenters. The number of aliphatic carboxylic acids is 1. The van der Waals surface area contributed by atoms with Crippen LogP contribution in [0.15, 0.2) is 0 Å². The molecule has 1 saturated carbocycles. The molecule has 2 N–H and O–H groups in total. The van der Waals surface area contributed by atoms with E-state index in [4.69, 9.17) is 9.47 Å². The Morgan fingerprint density at radius 3 is 2.79 bits per heavy atom. The van der Waals surface area contributed by atoms with E-state index in [1.54, 1.807) is 0 Å². The average Bonchev–Trinajstić information content (AvgIpc) is 3.05. The first-order valence-corrected chi connectivity index (χ1v) is 7.37. The molecule has 2 unspecified atom stereocenters. The van der Waals surface area contributed by atoms with Crippen molar-refractivity contribution in [2.45, 2.75) is 63.1 Å². The first kappa shape index (κ1) is 14.8. The Hall–Kier alpha value is -0.650. The highest BCUT2D eigenvalue weighted by Gasteiger charge is 2.40. The molecule has 0 bridgehead atoms. The quantitative estimate of drug-likeness (QED) is 0.623. The van der Waals surface area contributed by atoms with E-state index in [1.807, 2.05) is 6.92 Å². The van der Waals surface area contributed by atoms with Crippen LogP contribution in [0.5, 0.6) is 0 Å². The summed E-state index contributed by atoms with van der Waals surface area (Å²) >= 11 is 0. The SMILES string of the molecule is CCC(CCCOC1CCOC1)(NC1CC1)C(=O)O. The van der Waals surface area contributed by atoms with Crippen LogP contribution in [0.1, 0.15) is 45.4 Å². The van der Waals surface area contributed by atoms with Gasteiger partial charge in [0.05, 0.1) is 12.7 Å². The largest absolute Gasteiger partial charge is 0.480 e. The van der Waals surface area contributed by atoms with Gasteiger partial charge in [-0.3, -0.25) is 10.1 Å². The molecular weight excluding hydrogens is 246 g/mol. The number of carboxylic acid groups (broad SMARTS) is 1. The third-order valence-electron chi connectivity index (χ3n) is 4.06. The Morgan fingerprint density at radius 1 is 1.47 bits per heavy atom. The highest BCUT2D eigenvalue weighted by Crippen LogP contribution is 2.27. The fraction of sp³-hybridized carbons (Fsp3) is 0.929. The van der Waals surface area contributed by atoms with Crippen LogP contribution in [0.25, 0.3) is 0 Å². The molecule has 1 aliphatic carbocycles. The second-order valence-corrected chi connectivity index (χ2v) is 5.62. The molecule has 2 aliphatic rings. The smallest absolute Gasteiger partial charge is 0.323 e. The average molecular weight is 271 g/mol. The molecule has 1 heterocycles. The lowest BCUT2D eigenvalue weighted by Gasteiger charge is -2.30. The van der Waals surface area contributed by atoms with Gasteiger partial charge >= 0.3 is 5.97 Å². The Bertz CT molecular complexity index is 300. The Morgan fingerprint density at radius 2 is 2.26 bits per heavy atom. The second-order valence-electron chi connectivity index (χ2n) is 5.62. The zero-order chi connectivity index (χ0) is 13.7. The number of nitrogens with one attached hydrogen (secondary N) is 1. The van der Waals surface area contributed by atoms with Crippen LogP contribution >= 0.6 is 0 Å². The molecule has 0 aromatic rings. The maximum absolute atomic E-state index is 11.5. The minimum atomic E-state index is -0.767. The van der Waals surface area contributed by atoms with E-state index in [9.17, 15) is 9.90 Å². The third-order valence-corrected chi connectivity index (χ3v) is 4.06. The fourth-order valence-electron chi connectivity index (χ4n) is 2.56. The first-order valence-electron chi connectivity index (χ1n) is 7.37. The summed E-state index contributed by atoms with van der Waals surface area (Å²) in [5, 5.41) is 12.8. The lowest BCUT2D eigenvalue weighted by Crippen LogP contribution is -2.52. The van der Waals surface area contributed by atoms with Gasteiger partial charge in [-0.05, 0) is 38.5 Å². The van der Waals surface area contributed by atoms with Crippen LogP contribution in [0.3, 0.4) is 0 Å². The first-order chi connectivity index (χ1) is 9.16. The molecule has 0 amide bonds. The number of ether oxygens (including phenoxy) is 2. The molecule has 2 rings (SSSR count). The molecular formula is C14H25NO4. The van der Waals surface area contributed by atoms with E-state index in [2.05, 4.69) is 5.32 Å². The summed E-state index contributed by atoms with van der Waals surface area (Å²) in [6.07, 6.45) is 5.39. The molecule has 19 heavy (non-hydrogen) atoms. The summed E-state index contributed by atoms with van der Waals surface area (Å²) in [4.78, 5) is 11.5. The predicted octanol–water partition coefficient (Wildman–Crippen LogP) is 1.56. The molecule has 1 aliphatic heterocycles. The van der Waals surface area contributed by atoms with Gasteiger partial charge in [0.2, 0.25) is 0 Å². The van der Waals surface area contributed by atoms with Gasteiger partial charge in [-0.15, -0.1) is 0 Å². The van der Waals surface area contributed by atoms with Crippen molar-refractivity contribution >= 4 is 5.97 Å². The van der Waals surface area contributed by atoms with E-state index in [0.717, 1.165) is 32.3 Å². The summed E-state index contributed by atoms with van der Waals surface area (Å²) in [5.41, 5.74) is -0.767. The minimum absolute atomic E-state index is 0.206. The van der Waals surface area contributed by atoms with Gasteiger partial charge in [-0.25, -0.2) is 0 Å². The molecule has 0 aromatic carbocycles. The van der Waals surface area contributed by atoms with Crippen LogP contribution in [-0.4, -0.2) is 48.6 Å². The van der Waals surface area contributed by atoms with Gasteiger partial charge < -0.3 is 14.6 Å². The molecule has 5 heteroatoms. The van der Waals surface area contributed by atoms with Crippen molar-refractivity contribution in [2.24, 2.45) is 0 Å². The summed E-state index contributed by atoms with van der Waals surface area (Å²) in [7, 11) is 0. The minimum Gasteiger partial charge on any atom is -0.480 e. The van der Waals surface area contributed by atoms with Crippen molar-refractivity contribution in [1.29, 1.82) is 0 Å². The Kier molecular flexibility index (Phi) is 5.19. The van der Waals surface area contributed by atoms with Crippen LogP contribution in [0.2, 0.25) is 0 Å². The Labute approximate surface area is 114 Å². The van der Waals surface area contributed by atoms with Gasteiger partial charge in [0, 0.05) is 19.3 Å². The van der Waals surface area contributed by atoms with Crippen molar-refractivity contribution in [3.63, 3.8) is 0 Å². The zero-order valence-corrected chi connectivity index (χ0v) is 11.7. The summed E-state index contributed by atoms with van der Waals surface area (Å²) in [5.74, 6) is -0.730. The number of hydrogen-bond donors (Lipinski definition) is 2. The second kappa shape index (κ2) is 6.68. The standard InChI is InChI=1S/C14H25NO4/c1-2-14(13(16)17,15-11-4-5-11)7-3-8-19-12-6-9-18-10-12/h11-12,15H,2-10H2,1H3,(H,16,17). The van der Waals surface area contributed by atoms with E-state index in [1.165, 1.54) is 0 Å². The maximum atomic E-state index is 11.5. The van der Waals surface area contributed by atoms with E-state index >= 15 is 0 Å². The summed E-state index contributed by atoms with van der Waals surface area (Å²) in [6, 6.07) is 0.403. The van der Waals surface area contributed by atoms with E-state index < -0.39 is 11.5 Å². The number of carbonyl (C=O) groups is 1. The zero-order valence-electron chi connectivity index (χ0n) is 11.7. The van der Waals surface area contributed by atoms with Gasteiger partial charge in [-0.2, -0.15) is 0 Å². The summed E-state index contributed by atoms with van der Waals surface area (Å²) in [6.45, 7) is 4.02. The molecule has 110 valence electrons. The summed E-state index contributed by atoms with van der Waals surface area (Å²) < 4.78 is 10.9. The van der Waals surface area contributed by atoms with Crippen molar-refractivity contribution < 1.29 is 19.4 Å². The maximum Gasteiger partial charge on any atom is 0.323 e. The lowest BCUT2D eigenvalue weighted by molar-refractivity contribution is -0.145. The van der Waals surface area contributed by atoms with Crippen molar-refractivity contribution in [2.75, 3.05) is 19.8 Å². The van der Waals surface area contributed by atoms with Crippen molar-refractivity contribution in [3.8, 4) is 0 Å². The predicted molar refractivity (Wildman–Crippen MR) is 71.2 cm³/mol. The van der Waals surface area contributed by atoms with Crippen LogP contribution in [-0.2, 0) is 14.3 Å². The van der Waals surface area contributed by atoms with Crippen molar-refractivity contribution in [1.82, 2.24) is 5.32 Å². The highest BCUT2D eigenvalue weighted by atomic mass is 16.5. The topological polar surface area (TPSA) is 67.8 Å². The molecule has 0 aromatic heterocycles. The Balaban J connectivity index is 1.73. The number of carboxylic acids is 1. The molecule has 5 nitrogen and oxygen atoms in total. The fourth-order valence-corrected chi connectivity index (χ4v) is 2.56. The van der Waals surface area contributed by atoms with Crippen LogP contribution in [0, 0.1) is 0 Å². The van der Waals surface area contributed by atoms with Crippen LogP contribution in [0.4, 0.5) is 0 Å². The molecule has 0 radical (unpaired) electrons. The highest BCUT2D eigenvalue weighted by molar-refractivity contribution is 5.78. The van der Waals surface area contributed by atoms with Gasteiger partial charge in [0.25, 0.3) is 0 Å². The molecule has 1 saturated heterocycles. The van der Waals surface area contributed by atoms with E-state index in [-0.39, 0.29) is 6.10 Å². The van der Waals surface area contributed by atoms with Gasteiger partial charge in [-0.1, -0.05) is 6.92 Å². The normalized spacial score (nSPS) is 26.3. The number of hydrogen-bond acceptors (Lipinski definition) is 4. The van der Waals surface area contributed by atoms with Crippen molar-refractivity contribution in [3.05, 3.63) is 0 Å². The van der Waals surface area contributed by atoms with E-state index in [0.29, 0.717) is 32.1 Å². The molecule has 0 spiro atoms. The monoisotopic (exact) mass is 271 g/mol.